The van der Waals surface area contributed by atoms with E-state index in [0.717, 1.165) is 0 Å². The molecule has 108 valence electrons. The second-order valence-electron chi connectivity index (χ2n) is 4.12. The molecular formula is C13H15BrN2O4. The number of ether oxygens (including phenoxy) is 1. The van der Waals surface area contributed by atoms with Gasteiger partial charge in [-0.1, -0.05) is 12.1 Å². The standard InChI is InChI=1S/C13H15BrN2O4/c1-16(2)12(18)7-15-11(17)8-20-13(19)9-5-3-4-6-10(9)14/h3-6H,7-8H2,1-2H3,(H,15,17). The predicted molar refractivity (Wildman–Crippen MR) is 76.1 cm³/mol. The molecule has 0 bridgehead atoms. The predicted octanol–water partition coefficient (Wildman–Crippen LogP) is 0.810. The third kappa shape index (κ3) is 5.00. The van der Waals surface area contributed by atoms with Crippen LogP contribution < -0.4 is 5.32 Å². The van der Waals surface area contributed by atoms with Crippen LogP contribution in [0.5, 0.6) is 0 Å². The van der Waals surface area contributed by atoms with Crippen molar-refractivity contribution in [2.75, 3.05) is 27.2 Å². The van der Waals surface area contributed by atoms with E-state index in [-0.39, 0.29) is 12.5 Å². The Morgan fingerprint density at radius 3 is 2.50 bits per heavy atom. The highest BCUT2D eigenvalue weighted by Crippen LogP contribution is 2.16. The second kappa shape index (κ2) is 7.64. The third-order valence-electron chi connectivity index (χ3n) is 2.36. The molecule has 20 heavy (non-hydrogen) atoms. The van der Waals surface area contributed by atoms with Crippen molar-refractivity contribution in [1.82, 2.24) is 10.2 Å². The number of hydrogen-bond acceptors (Lipinski definition) is 4. The Kier molecular flexibility index (Phi) is 6.17. The quantitative estimate of drug-likeness (QED) is 0.803. The van der Waals surface area contributed by atoms with E-state index >= 15 is 0 Å². The lowest BCUT2D eigenvalue weighted by Crippen LogP contribution is -2.38. The zero-order chi connectivity index (χ0) is 15.1. The van der Waals surface area contributed by atoms with Crippen molar-refractivity contribution in [2.45, 2.75) is 0 Å². The molecule has 1 aromatic rings. The lowest BCUT2D eigenvalue weighted by molar-refractivity contribution is -0.131. The van der Waals surface area contributed by atoms with Gasteiger partial charge in [0.2, 0.25) is 5.91 Å². The Morgan fingerprint density at radius 2 is 1.90 bits per heavy atom. The first-order valence-electron chi connectivity index (χ1n) is 5.80. The maximum absolute atomic E-state index is 11.7. The van der Waals surface area contributed by atoms with Gasteiger partial charge >= 0.3 is 5.97 Å². The molecular weight excluding hydrogens is 328 g/mol. The smallest absolute Gasteiger partial charge is 0.339 e. The van der Waals surface area contributed by atoms with Gasteiger partial charge in [0, 0.05) is 18.6 Å². The highest BCUT2D eigenvalue weighted by atomic mass is 79.9. The molecule has 0 heterocycles. The number of rotatable bonds is 5. The summed E-state index contributed by atoms with van der Waals surface area (Å²) in [7, 11) is 3.17. The van der Waals surface area contributed by atoms with Crippen LogP contribution >= 0.6 is 15.9 Å². The number of esters is 1. The van der Waals surface area contributed by atoms with Crippen LogP contribution in [0.4, 0.5) is 0 Å². The van der Waals surface area contributed by atoms with Gasteiger partial charge < -0.3 is 15.0 Å². The molecule has 0 spiro atoms. The Bertz CT molecular complexity index is 517. The Labute approximate surface area is 125 Å². The molecule has 0 atom stereocenters. The minimum absolute atomic E-state index is 0.127. The minimum atomic E-state index is -0.605. The number of halogens is 1. The van der Waals surface area contributed by atoms with Crippen molar-refractivity contribution >= 4 is 33.7 Å². The SMILES string of the molecule is CN(C)C(=O)CNC(=O)COC(=O)c1ccccc1Br. The van der Waals surface area contributed by atoms with Crippen LogP contribution in [0.25, 0.3) is 0 Å². The molecule has 0 unspecified atom stereocenters. The van der Waals surface area contributed by atoms with Crippen LogP contribution in [-0.4, -0.2) is 49.9 Å². The van der Waals surface area contributed by atoms with E-state index in [1.165, 1.54) is 4.90 Å². The van der Waals surface area contributed by atoms with E-state index in [4.69, 9.17) is 4.74 Å². The normalized spacial score (nSPS) is 9.75. The van der Waals surface area contributed by atoms with Crippen molar-refractivity contribution in [3.63, 3.8) is 0 Å². The molecule has 1 rings (SSSR count). The maximum Gasteiger partial charge on any atom is 0.339 e. The lowest BCUT2D eigenvalue weighted by atomic mass is 10.2. The van der Waals surface area contributed by atoms with E-state index in [2.05, 4.69) is 21.2 Å². The maximum atomic E-state index is 11.7. The third-order valence-corrected chi connectivity index (χ3v) is 3.06. The number of nitrogens with zero attached hydrogens (tertiary/aromatic N) is 1. The van der Waals surface area contributed by atoms with Crippen molar-refractivity contribution in [2.24, 2.45) is 0 Å². The summed E-state index contributed by atoms with van der Waals surface area (Å²) in [6.45, 7) is -0.556. The van der Waals surface area contributed by atoms with Crippen molar-refractivity contribution in [3.8, 4) is 0 Å². The number of hydrogen-bond donors (Lipinski definition) is 1. The Balaban J connectivity index is 2.40. The molecule has 1 N–H and O–H groups in total. The average molecular weight is 343 g/mol. The van der Waals surface area contributed by atoms with E-state index in [1.807, 2.05) is 0 Å². The molecule has 0 saturated carbocycles. The van der Waals surface area contributed by atoms with Crippen LogP contribution in [0.1, 0.15) is 10.4 Å². The van der Waals surface area contributed by atoms with Gasteiger partial charge in [0.1, 0.15) is 0 Å². The van der Waals surface area contributed by atoms with Gasteiger partial charge in [-0.15, -0.1) is 0 Å². The summed E-state index contributed by atoms with van der Waals surface area (Å²) in [4.78, 5) is 35.7. The highest BCUT2D eigenvalue weighted by Gasteiger charge is 2.13. The van der Waals surface area contributed by atoms with Gasteiger partial charge in [-0.05, 0) is 28.1 Å². The zero-order valence-electron chi connectivity index (χ0n) is 11.2. The molecule has 0 saturated heterocycles. The number of benzene rings is 1. The first-order chi connectivity index (χ1) is 9.41. The summed E-state index contributed by atoms with van der Waals surface area (Å²) in [5.41, 5.74) is 0.338. The molecule has 6 nitrogen and oxygen atoms in total. The van der Waals surface area contributed by atoms with Gasteiger partial charge in [0.25, 0.3) is 5.91 Å². The number of carbonyl (C=O) groups excluding carboxylic acids is 3. The summed E-state index contributed by atoms with van der Waals surface area (Å²) < 4.78 is 5.45. The fourth-order valence-corrected chi connectivity index (χ4v) is 1.67. The molecule has 7 heteroatoms. The Morgan fingerprint density at radius 1 is 1.25 bits per heavy atom. The average Bonchev–Trinajstić information content (AvgIpc) is 2.42. The van der Waals surface area contributed by atoms with E-state index in [9.17, 15) is 14.4 Å². The summed E-state index contributed by atoms with van der Waals surface area (Å²) in [5.74, 6) is -1.37. The van der Waals surface area contributed by atoms with Gasteiger partial charge in [-0.2, -0.15) is 0 Å². The van der Waals surface area contributed by atoms with Crippen molar-refractivity contribution < 1.29 is 19.1 Å². The van der Waals surface area contributed by atoms with Crippen LogP contribution in [0.3, 0.4) is 0 Å². The first-order valence-corrected chi connectivity index (χ1v) is 6.59. The summed E-state index contributed by atoms with van der Waals surface area (Å²) in [5, 5.41) is 2.37. The number of amides is 2. The minimum Gasteiger partial charge on any atom is -0.452 e. The molecule has 0 aromatic heterocycles. The number of carbonyl (C=O) groups is 3. The van der Waals surface area contributed by atoms with Gasteiger partial charge in [0.15, 0.2) is 6.61 Å². The monoisotopic (exact) mass is 342 g/mol. The highest BCUT2D eigenvalue weighted by molar-refractivity contribution is 9.10. The molecule has 0 aliphatic rings. The number of nitrogens with one attached hydrogen (secondary N) is 1. The second-order valence-corrected chi connectivity index (χ2v) is 4.98. The molecule has 0 aliphatic carbocycles. The fraction of sp³-hybridized carbons (Fsp3) is 0.308. The summed E-state index contributed by atoms with van der Waals surface area (Å²) >= 11 is 3.22. The summed E-state index contributed by atoms with van der Waals surface area (Å²) in [6, 6.07) is 6.74. The van der Waals surface area contributed by atoms with Crippen molar-refractivity contribution in [3.05, 3.63) is 34.3 Å². The first kappa shape index (κ1) is 16.2. The molecule has 1 aromatic carbocycles. The van der Waals surface area contributed by atoms with Crippen LogP contribution in [0.15, 0.2) is 28.7 Å². The molecule has 0 aliphatic heterocycles. The van der Waals surface area contributed by atoms with E-state index in [1.54, 1.807) is 38.4 Å². The Hall–Kier alpha value is -1.89. The van der Waals surface area contributed by atoms with Gasteiger partial charge in [0.05, 0.1) is 12.1 Å². The largest absolute Gasteiger partial charge is 0.452 e. The lowest BCUT2D eigenvalue weighted by Gasteiger charge is -2.11. The van der Waals surface area contributed by atoms with E-state index in [0.29, 0.717) is 10.0 Å². The van der Waals surface area contributed by atoms with Crippen LogP contribution in [-0.2, 0) is 14.3 Å². The van der Waals surface area contributed by atoms with Gasteiger partial charge in [-0.25, -0.2) is 4.79 Å². The topological polar surface area (TPSA) is 75.7 Å². The molecule has 0 radical (unpaired) electrons. The van der Waals surface area contributed by atoms with Crippen molar-refractivity contribution in [1.29, 1.82) is 0 Å². The van der Waals surface area contributed by atoms with Gasteiger partial charge in [-0.3, -0.25) is 9.59 Å². The zero-order valence-corrected chi connectivity index (χ0v) is 12.8. The summed E-state index contributed by atoms with van der Waals surface area (Å²) in [6.07, 6.45) is 0. The fourth-order valence-electron chi connectivity index (χ4n) is 1.22. The molecule has 2 amide bonds. The number of likely N-dealkylation sites (N-methyl/N-ethyl adjacent to an activating group) is 1. The van der Waals surface area contributed by atoms with Crippen LogP contribution in [0.2, 0.25) is 0 Å². The van der Waals surface area contributed by atoms with Crippen LogP contribution in [0, 0.1) is 0 Å². The molecule has 0 fully saturated rings. The van der Waals surface area contributed by atoms with E-state index < -0.39 is 18.5 Å².